The van der Waals surface area contributed by atoms with Gasteiger partial charge in [0.1, 0.15) is 0 Å². The highest BCUT2D eigenvalue weighted by Gasteiger charge is 2.19. The third-order valence-corrected chi connectivity index (χ3v) is 13.4. The molecule has 12 rings (SSSR count). The molecule has 0 saturated carbocycles. The first-order valence-electron chi connectivity index (χ1n) is 19.0. The second-order valence-corrected chi connectivity index (χ2v) is 16.5. The van der Waals surface area contributed by atoms with Crippen molar-refractivity contribution in [1.82, 2.24) is 19.5 Å². The maximum absolute atomic E-state index is 5.06. The van der Waals surface area contributed by atoms with Crippen LogP contribution in [0.5, 0.6) is 0 Å². The van der Waals surface area contributed by atoms with Gasteiger partial charge in [0, 0.05) is 79.1 Å². The fraction of sp³-hybridized carbons (Fsp3) is 0. The predicted octanol–water partition coefficient (Wildman–Crippen LogP) is 14.4. The van der Waals surface area contributed by atoms with Crippen LogP contribution in [-0.2, 0) is 0 Å². The van der Waals surface area contributed by atoms with Crippen molar-refractivity contribution < 1.29 is 0 Å². The lowest BCUT2D eigenvalue weighted by Crippen LogP contribution is -2.00. The van der Waals surface area contributed by atoms with Crippen molar-refractivity contribution in [3.05, 3.63) is 182 Å². The van der Waals surface area contributed by atoms with Gasteiger partial charge >= 0.3 is 0 Å². The molecular weight excluding hydrogens is 733 g/mol. The summed E-state index contributed by atoms with van der Waals surface area (Å²) >= 11 is 3.72. The molecule has 0 aliphatic rings. The van der Waals surface area contributed by atoms with Gasteiger partial charge in [0.05, 0.1) is 11.0 Å². The van der Waals surface area contributed by atoms with Crippen LogP contribution in [0.3, 0.4) is 0 Å². The van der Waals surface area contributed by atoms with E-state index in [0.29, 0.717) is 17.5 Å². The van der Waals surface area contributed by atoms with E-state index in [1.54, 1.807) is 0 Å². The van der Waals surface area contributed by atoms with Crippen molar-refractivity contribution >= 4 is 84.8 Å². The van der Waals surface area contributed by atoms with E-state index in [1.165, 1.54) is 79.0 Å². The summed E-state index contributed by atoms with van der Waals surface area (Å²) in [4.78, 5) is 15.0. The molecule has 0 amide bonds. The van der Waals surface area contributed by atoms with Crippen LogP contribution in [0.1, 0.15) is 0 Å². The van der Waals surface area contributed by atoms with Crippen LogP contribution >= 0.6 is 22.7 Å². The first kappa shape index (κ1) is 32.3. The summed E-state index contributed by atoms with van der Waals surface area (Å²) in [6, 6.07) is 64.9. The Hall–Kier alpha value is -6.99. The molecule has 0 fully saturated rings. The fourth-order valence-electron chi connectivity index (χ4n) is 8.47. The van der Waals surface area contributed by atoms with Crippen molar-refractivity contribution in [3.8, 4) is 51.0 Å². The minimum atomic E-state index is 0.659. The standard InChI is InChI=1S/C51H30N4S2/c1-3-13-31(14-4-1)49-52-50(32-15-5-2-6-16-32)54-51(53-49)33-25-28-44-41(29-33)47-38(19-12-24-45(47)56-44)40-21-11-20-39-37-27-26-34(30-46(37)57-48(39)40)55-42-22-9-7-17-35(42)36-18-8-10-23-43(36)55/h1-30H. The van der Waals surface area contributed by atoms with E-state index in [4.69, 9.17) is 15.0 Å². The largest absolute Gasteiger partial charge is 0.309 e. The van der Waals surface area contributed by atoms with Crippen LogP contribution in [0, 0.1) is 0 Å². The molecule has 4 heterocycles. The van der Waals surface area contributed by atoms with E-state index in [1.807, 2.05) is 59.1 Å². The Balaban J connectivity index is 1.03. The zero-order chi connectivity index (χ0) is 37.5. The van der Waals surface area contributed by atoms with E-state index < -0.39 is 0 Å². The zero-order valence-corrected chi connectivity index (χ0v) is 32.1. The topological polar surface area (TPSA) is 43.6 Å². The Bertz CT molecular complexity index is 3410. The maximum atomic E-state index is 5.06. The van der Waals surface area contributed by atoms with Crippen LogP contribution < -0.4 is 0 Å². The van der Waals surface area contributed by atoms with Crippen LogP contribution in [0.4, 0.5) is 0 Å². The zero-order valence-electron chi connectivity index (χ0n) is 30.4. The Kier molecular flexibility index (Phi) is 7.24. The van der Waals surface area contributed by atoms with Crippen LogP contribution in [0.25, 0.3) is 113 Å². The minimum absolute atomic E-state index is 0.659. The van der Waals surface area contributed by atoms with Gasteiger partial charge in [-0.2, -0.15) is 0 Å². The average molecular weight is 763 g/mol. The molecule has 0 aliphatic carbocycles. The second kappa shape index (κ2) is 12.8. The Labute approximate surface area is 335 Å². The van der Waals surface area contributed by atoms with Gasteiger partial charge in [-0.3, -0.25) is 0 Å². The number of fused-ring (bicyclic) bond motifs is 9. The van der Waals surface area contributed by atoms with Gasteiger partial charge in [-0.1, -0.05) is 133 Å². The first-order valence-corrected chi connectivity index (χ1v) is 20.7. The molecule has 6 heteroatoms. The minimum Gasteiger partial charge on any atom is -0.309 e. The Morgan fingerprint density at radius 3 is 1.65 bits per heavy atom. The van der Waals surface area contributed by atoms with Crippen LogP contribution in [0.15, 0.2) is 182 Å². The predicted molar refractivity (Wildman–Crippen MR) is 242 cm³/mol. The highest BCUT2D eigenvalue weighted by molar-refractivity contribution is 7.27. The molecule has 57 heavy (non-hydrogen) atoms. The molecule has 0 atom stereocenters. The van der Waals surface area contributed by atoms with Crippen molar-refractivity contribution in [2.24, 2.45) is 0 Å². The highest BCUT2D eigenvalue weighted by atomic mass is 32.1. The summed E-state index contributed by atoms with van der Waals surface area (Å²) in [5, 5.41) is 7.58. The third-order valence-electron chi connectivity index (χ3n) is 11.1. The number of nitrogens with zero attached hydrogens (tertiary/aromatic N) is 4. The Morgan fingerprint density at radius 2 is 0.947 bits per heavy atom. The molecule has 0 N–H and O–H groups in total. The van der Waals surface area contributed by atoms with E-state index in [2.05, 4.69) is 150 Å². The number of hydrogen-bond donors (Lipinski definition) is 0. The molecule has 0 unspecified atom stereocenters. The molecule has 0 bridgehead atoms. The van der Waals surface area contributed by atoms with Gasteiger partial charge < -0.3 is 4.57 Å². The first-order chi connectivity index (χ1) is 28.2. The van der Waals surface area contributed by atoms with Gasteiger partial charge in [0.2, 0.25) is 0 Å². The molecule has 0 aliphatic heterocycles. The molecule has 266 valence electrons. The van der Waals surface area contributed by atoms with Crippen molar-refractivity contribution in [3.63, 3.8) is 0 Å². The van der Waals surface area contributed by atoms with Crippen LogP contribution in [0.2, 0.25) is 0 Å². The summed E-state index contributed by atoms with van der Waals surface area (Å²) in [7, 11) is 0. The van der Waals surface area contributed by atoms with Gasteiger partial charge in [0.15, 0.2) is 17.5 Å². The SMILES string of the molecule is c1ccc(-c2nc(-c3ccccc3)nc(-c3ccc4sc5cccc(-c6cccc7c6sc6cc(-n8c9ccccc9c9ccccc98)ccc67)c5c4c3)n2)cc1. The fourth-order valence-corrected chi connectivity index (χ4v) is 10.8. The molecule has 8 aromatic carbocycles. The van der Waals surface area contributed by atoms with E-state index in [9.17, 15) is 0 Å². The van der Waals surface area contributed by atoms with Crippen molar-refractivity contribution in [1.29, 1.82) is 0 Å². The summed E-state index contributed by atoms with van der Waals surface area (Å²) < 4.78 is 7.48. The van der Waals surface area contributed by atoms with E-state index in [0.717, 1.165) is 16.7 Å². The lowest BCUT2D eigenvalue weighted by molar-refractivity contribution is 1.07. The highest BCUT2D eigenvalue weighted by Crippen LogP contribution is 2.46. The van der Waals surface area contributed by atoms with Crippen molar-refractivity contribution in [2.75, 3.05) is 0 Å². The smallest absolute Gasteiger partial charge is 0.164 e. The number of rotatable bonds is 5. The molecule has 4 aromatic heterocycles. The third kappa shape index (κ3) is 5.15. The van der Waals surface area contributed by atoms with Crippen molar-refractivity contribution in [2.45, 2.75) is 0 Å². The lowest BCUT2D eigenvalue weighted by Gasteiger charge is -2.09. The Morgan fingerprint density at radius 1 is 0.351 bits per heavy atom. The van der Waals surface area contributed by atoms with Gasteiger partial charge in [-0.25, -0.2) is 15.0 Å². The number of hydrogen-bond acceptors (Lipinski definition) is 5. The number of benzene rings is 8. The quantitative estimate of drug-likeness (QED) is 0.175. The molecule has 12 aromatic rings. The summed E-state index contributed by atoms with van der Waals surface area (Å²) in [6.07, 6.45) is 0. The summed E-state index contributed by atoms with van der Waals surface area (Å²) in [5.74, 6) is 1.98. The molecule has 4 nitrogen and oxygen atoms in total. The molecule has 0 saturated heterocycles. The summed E-state index contributed by atoms with van der Waals surface area (Å²) in [6.45, 7) is 0. The molecule has 0 spiro atoms. The maximum Gasteiger partial charge on any atom is 0.164 e. The van der Waals surface area contributed by atoms with E-state index in [-0.39, 0.29) is 0 Å². The average Bonchev–Trinajstić information content (AvgIpc) is 3.96. The summed E-state index contributed by atoms with van der Waals surface area (Å²) in [5.41, 5.74) is 8.99. The molecule has 0 radical (unpaired) electrons. The van der Waals surface area contributed by atoms with Gasteiger partial charge in [-0.15, -0.1) is 22.7 Å². The second-order valence-electron chi connectivity index (χ2n) is 14.4. The number of thiophene rings is 2. The monoisotopic (exact) mass is 762 g/mol. The number of para-hydroxylation sites is 2. The lowest BCUT2D eigenvalue weighted by atomic mass is 9.97. The van der Waals surface area contributed by atoms with E-state index >= 15 is 0 Å². The van der Waals surface area contributed by atoms with Gasteiger partial charge in [-0.05, 0) is 54.1 Å². The normalized spacial score (nSPS) is 11.9. The van der Waals surface area contributed by atoms with Crippen LogP contribution in [-0.4, -0.2) is 19.5 Å². The van der Waals surface area contributed by atoms with Gasteiger partial charge in [0.25, 0.3) is 0 Å². The number of aromatic nitrogens is 4. The molecular formula is C51H30N4S2.